The standard InChI is InChI=1S/C20H15F3N4O2/c21-14-5-12(9-24)6-15(8-14)26-1-3-27(4-2-26)20(28)16-11-25-10-13-7-17(19(22)23)29-18(13)16/h5-8,10-11,19H,1-4H2. The molecule has 4 rings (SSSR count). The number of anilines is 1. The first kappa shape index (κ1) is 18.8. The van der Waals surface area contributed by atoms with Crippen LogP contribution in [0.2, 0.25) is 0 Å². The van der Waals surface area contributed by atoms with Gasteiger partial charge in [-0.3, -0.25) is 9.78 Å². The summed E-state index contributed by atoms with van der Waals surface area (Å²) in [5.74, 6) is -1.37. The van der Waals surface area contributed by atoms with Crippen LogP contribution in [-0.4, -0.2) is 42.0 Å². The van der Waals surface area contributed by atoms with Crippen LogP contribution in [0, 0.1) is 17.1 Å². The van der Waals surface area contributed by atoms with Crippen LogP contribution in [0.4, 0.5) is 18.9 Å². The van der Waals surface area contributed by atoms with Crippen molar-refractivity contribution in [3.8, 4) is 6.07 Å². The number of hydrogen-bond acceptors (Lipinski definition) is 5. The zero-order valence-electron chi connectivity index (χ0n) is 15.1. The summed E-state index contributed by atoms with van der Waals surface area (Å²) < 4.78 is 44.7. The number of rotatable bonds is 3. The van der Waals surface area contributed by atoms with Crippen LogP contribution in [0.5, 0.6) is 0 Å². The van der Waals surface area contributed by atoms with Gasteiger partial charge in [-0.2, -0.15) is 5.26 Å². The van der Waals surface area contributed by atoms with Gasteiger partial charge in [-0.25, -0.2) is 13.2 Å². The highest BCUT2D eigenvalue weighted by molar-refractivity contribution is 6.04. The van der Waals surface area contributed by atoms with Crippen LogP contribution in [0.25, 0.3) is 11.0 Å². The smallest absolute Gasteiger partial charge is 0.295 e. The third-order valence-corrected chi connectivity index (χ3v) is 4.83. The lowest BCUT2D eigenvalue weighted by Crippen LogP contribution is -2.48. The molecular formula is C20H15F3N4O2. The van der Waals surface area contributed by atoms with Crippen LogP contribution < -0.4 is 4.90 Å². The Labute approximate surface area is 163 Å². The predicted octanol–water partition coefficient (Wildman–Crippen LogP) is 3.74. The number of piperazine rings is 1. The molecule has 6 nitrogen and oxygen atoms in total. The van der Waals surface area contributed by atoms with E-state index in [1.165, 1.54) is 24.5 Å². The molecule has 0 bridgehead atoms. The number of amides is 1. The summed E-state index contributed by atoms with van der Waals surface area (Å²) in [6.45, 7) is 1.56. The molecule has 0 saturated carbocycles. The van der Waals surface area contributed by atoms with E-state index in [-0.39, 0.29) is 22.6 Å². The summed E-state index contributed by atoms with van der Waals surface area (Å²) in [4.78, 5) is 20.3. The highest BCUT2D eigenvalue weighted by atomic mass is 19.3. The van der Waals surface area contributed by atoms with Gasteiger partial charge in [0.25, 0.3) is 12.3 Å². The van der Waals surface area contributed by atoms with Crippen LogP contribution >= 0.6 is 0 Å². The lowest BCUT2D eigenvalue weighted by Gasteiger charge is -2.36. The minimum Gasteiger partial charge on any atom is -0.454 e. The first-order chi connectivity index (χ1) is 14.0. The summed E-state index contributed by atoms with van der Waals surface area (Å²) in [7, 11) is 0. The molecule has 1 amide bonds. The molecule has 1 aliphatic rings. The zero-order chi connectivity index (χ0) is 20.5. The number of nitriles is 1. The number of carbonyl (C=O) groups is 1. The molecule has 0 N–H and O–H groups in total. The van der Waals surface area contributed by atoms with E-state index < -0.39 is 18.0 Å². The number of carbonyl (C=O) groups excluding carboxylic acids is 1. The Hall–Kier alpha value is -3.54. The molecule has 1 fully saturated rings. The number of furan rings is 1. The average molecular weight is 400 g/mol. The Kier molecular flexibility index (Phi) is 4.84. The van der Waals surface area contributed by atoms with E-state index in [2.05, 4.69) is 4.98 Å². The fourth-order valence-electron chi connectivity index (χ4n) is 3.40. The maximum absolute atomic E-state index is 13.7. The van der Waals surface area contributed by atoms with Gasteiger partial charge >= 0.3 is 0 Å². The zero-order valence-corrected chi connectivity index (χ0v) is 15.1. The van der Waals surface area contributed by atoms with Crippen molar-refractivity contribution in [2.75, 3.05) is 31.1 Å². The Balaban J connectivity index is 1.52. The Morgan fingerprint density at radius 1 is 1.14 bits per heavy atom. The summed E-state index contributed by atoms with van der Waals surface area (Å²) in [5, 5.41) is 9.34. The molecule has 1 saturated heterocycles. The quantitative estimate of drug-likeness (QED) is 0.670. The lowest BCUT2D eigenvalue weighted by atomic mass is 10.1. The number of aromatic nitrogens is 1. The van der Waals surface area contributed by atoms with Crippen molar-refractivity contribution in [3.63, 3.8) is 0 Å². The van der Waals surface area contributed by atoms with Crippen molar-refractivity contribution in [2.24, 2.45) is 0 Å². The van der Waals surface area contributed by atoms with E-state index >= 15 is 0 Å². The van der Waals surface area contributed by atoms with Gasteiger partial charge in [-0.15, -0.1) is 0 Å². The Bertz CT molecular complexity index is 1110. The van der Waals surface area contributed by atoms with Crippen LogP contribution in [-0.2, 0) is 0 Å². The number of pyridine rings is 1. The maximum atomic E-state index is 13.7. The minimum atomic E-state index is -2.78. The number of alkyl halides is 2. The van der Waals surface area contributed by atoms with Gasteiger partial charge < -0.3 is 14.2 Å². The number of benzene rings is 1. The minimum absolute atomic E-state index is 0.0894. The number of hydrogen-bond donors (Lipinski definition) is 0. The topological polar surface area (TPSA) is 73.4 Å². The molecule has 29 heavy (non-hydrogen) atoms. The van der Waals surface area contributed by atoms with Crippen molar-refractivity contribution >= 4 is 22.6 Å². The third kappa shape index (κ3) is 3.61. The fraction of sp³-hybridized carbons (Fsp3) is 0.250. The van der Waals surface area contributed by atoms with Crippen molar-refractivity contribution in [1.82, 2.24) is 9.88 Å². The largest absolute Gasteiger partial charge is 0.454 e. The highest BCUT2D eigenvalue weighted by Gasteiger charge is 2.26. The Morgan fingerprint density at radius 3 is 2.59 bits per heavy atom. The van der Waals surface area contributed by atoms with Gasteiger partial charge in [0.15, 0.2) is 5.76 Å². The summed E-state index contributed by atoms with van der Waals surface area (Å²) in [6, 6.07) is 7.20. The van der Waals surface area contributed by atoms with Crippen molar-refractivity contribution in [2.45, 2.75) is 6.43 Å². The molecule has 3 heterocycles. The average Bonchev–Trinajstić information content (AvgIpc) is 3.18. The second-order valence-corrected chi connectivity index (χ2v) is 6.64. The van der Waals surface area contributed by atoms with E-state index in [1.54, 1.807) is 11.0 Å². The van der Waals surface area contributed by atoms with Crippen molar-refractivity contribution in [3.05, 3.63) is 59.4 Å². The molecule has 2 aromatic heterocycles. The van der Waals surface area contributed by atoms with Gasteiger partial charge in [0, 0.05) is 49.6 Å². The molecule has 148 valence electrons. The molecule has 1 aliphatic heterocycles. The molecule has 9 heteroatoms. The monoisotopic (exact) mass is 400 g/mol. The molecule has 0 atom stereocenters. The van der Waals surface area contributed by atoms with E-state index in [4.69, 9.17) is 9.68 Å². The van der Waals surface area contributed by atoms with Crippen molar-refractivity contribution in [1.29, 1.82) is 5.26 Å². The SMILES string of the molecule is N#Cc1cc(F)cc(N2CCN(C(=O)c3cncc4cc(C(F)F)oc34)CC2)c1. The lowest BCUT2D eigenvalue weighted by molar-refractivity contribution is 0.0746. The molecule has 0 spiro atoms. The molecule has 0 aliphatic carbocycles. The second kappa shape index (κ2) is 7.47. The highest BCUT2D eigenvalue weighted by Crippen LogP contribution is 2.29. The van der Waals surface area contributed by atoms with Crippen LogP contribution in [0.3, 0.4) is 0 Å². The van der Waals surface area contributed by atoms with Gasteiger partial charge in [0.2, 0.25) is 0 Å². The summed E-state index contributed by atoms with van der Waals surface area (Å²) >= 11 is 0. The molecule has 0 unspecified atom stereocenters. The number of nitrogens with zero attached hydrogens (tertiary/aromatic N) is 4. The summed E-state index contributed by atoms with van der Waals surface area (Å²) in [6.07, 6.45) is -0.101. The van der Waals surface area contributed by atoms with Gasteiger partial charge in [0.05, 0.1) is 11.6 Å². The number of fused-ring (bicyclic) bond motifs is 1. The normalized spacial score (nSPS) is 14.4. The third-order valence-electron chi connectivity index (χ3n) is 4.83. The van der Waals surface area contributed by atoms with Gasteiger partial charge in [0.1, 0.15) is 17.0 Å². The first-order valence-electron chi connectivity index (χ1n) is 8.87. The first-order valence-corrected chi connectivity index (χ1v) is 8.87. The molecular weight excluding hydrogens is 385 g/mol. The van der Waals surface area contributed by atoms with E-state index in [0.717, 1.165) is 6.07 Å². The van der Waals surface area contributed by atoms with Crippen LogP contribution in [0.15, 0.2) is 41.1 Å². The van der Waals surface area contributed by atoms with E-state index in [9.17, 15) is 18.0 Å². The van der Waals surface area contributed by atoms with Crippen molar-refractivity contribution < 1.29 is 22.4 Å². The number of halogens is 3. The summed E-state index contributed by atoms with van der Waals surface area (Å²) in [5.41, 5.74) is 1.01. The molecule has 0 radical (unpaired) electrons. The van der Waals surface area contributed by atoms with Crippen LogP contribution in [0.1, 0.15) is 28.1 Å². The van der Waals surface area contributed by atoms with E-state index in [0.29, 0.717) is 37.3 Å². The van der Waals surface area contributed by atoms with Gasteiger partial charge in [-0.05, 0) is 24.3 Å². The Morgan fingerprint density at radius 2 is 1.90 bits per heavy atom. The van der Waals surface area contributed by atoms with E-state index in [1.807, 2.05) is 11.0 Å². The maximum Gasteiger partial charge on any atom is 0.295 e. The molecule has 1 aromatic carbocycles. The predicted molar refractivity (Wildman–Crippen MR) is 98.2 cm³/mol. The molecule has 3 aromatic rings. The van der Waals surface area contributed by atoms with Gasteiger partial charge in [-0.1, -0.05) is 0 Å². The fourth-order valence-corrected chi connectivity index (χ4v) is 3.40. The second-order valence-electron chi connectivity index (χ2n) is 6.64.